The standard InChI is InChI=1S/C29H34N4O2/c34-28-22-27(26-10-5-2-6-11-26)33(23-25-14-16-30-17-15-25)20-7-19-32(21-18-31-28)29(35)13-12-24-8-3-1-4-9-24/h1-6,8-11,14-17,27H,7,12-13,18-23H2,(H,31,34). The van der Waals surface area contributed by atoms with Crippen molar-refractivity contribution < 1.29 is 9.59 Å². The lowest BCUT2D eigenvalue weighted by molar-refractivity contribution is -0.131. The molecule has 1 N–H and O–H groups in total. The van der Waals surface area contributed by atoms with E-state index >= 15 is 0 Å². The van der Waals surface area contributed by atoms with Crippen molar-refractivity contribution in [1.29, 1.82) is 0 Å². The molecule has 6 heteroatoms. The number of carbonyl (C=O) groups excluding carboxylic acids is 2. The highest BCUT2D eigenvalue weighted by Gasteiger charge is 2.25. The van der Waals surface area contributed by atoms with E-state index in [-0.39, 0.29) is 17.9 Å². The minimum absolute atomic E-state index is 0.0113. The van der Waals surface area contributed by atoms with Gasteiger partial charge in [-0.25, -0.2) is 0 Å². The Morgan fingerprint density at radius 2 is 1.60 bits per heavy atom. The van der Waals surface area contributed by atoms with Crippen molar-refractivity contribution in [2.24, 2.45) is 0 Å². The second-order valence-corrected chi connectivity index (χ2v) is 9.03. The van der Waals surface area contributed by atoms with Crippen LogP contribution in [0.2, 0.25) is 0 Å². The van der Waals surface area contributed by atoms with Gasteiger partial charge in [0, 0.05) is 64.0 Å². The first-order valence-corrected chi connectivity index (χ1v) is 12.5. The normalized spacial score (nSPS) is 17.9. The Morgan fingerprint density at radius 3 is 2.34 bits per heavy atom. The Hall–Kier alpha value is -3.51. The van der Waals surface area contributed by atoms with Crippen LogP contribution >= 0.6 is 0 Å². The van der Waals surface area contributed by atoms with Gasteiger partial charge in [0.25, 0.3) is 0 Å². The lowest BCUT2D eigenvalue weighted by atomic mass is 10.00. The molecule has 1 aliphatic heterocycles. The fourth-order valence-corrected chi connectivity index (χ4v) is 4.66. The Bertz CT molecular complexity index is 1060. The Balaban J connectivity index is 1.48. The molecule has 0 saturated carbocycles. The number of rotatable bonds is 6. The van der Waals surface area contributed by atoms with E-state index in [0.29, 0.717) is 32.5 Å². The van der Waals surface area contributed by atoms with Gasteiger partial charge in [-0.1, -0.05) is 60.7 Å². The Labute approximate surface area is 208 Å². The molecule has 182 valence electrons. The topological polar surface area (TPSA) is 65.5 Å². The number of nitrogens with zero attached hydrogens (tertiary/aromatic N) is 3. The number of pyridine rings is 1. The summed E-state index contributed by atoms with van der Waals surface area (Å²) in [5.41, 5.74) is 3.46. The maximum Gasteiger partial charge on any atom is 0.222 e. The molecule has 35 heavy (non-hydrogen) atoms. The number of aromatic nitrogens is 1. The molecule has 1 unspecified atom stereocenters. The van der Waals surface area contributed by atoms with E-state index in [2.05, 4.69) is 39.5 Å². The highest BCUT2D eigenvalue weighted by atomic mass is 16.2. The molecule has 2 heterocycles. The largest absolute Gasteiger partial charge is 0.354 e. The molecular weight excluding hydrogens is 436 g/mol. The van der Waals surface area contributed by atoms with Crippen LogP contribution in [-0.2, 0) is 22.6 Å². The maximum absolute atomic E-state index is 13.1. The third kappa shape index (κ3) is 7.49. The van der Waals surface area contributed by atoms with Crippen molar-refractivity contribution in [3.63, 3.8) is 0 Å². The fraction of sp³-hybridized carbons (Fsp3) is 0.345. The van der Waals surface area contributed by atoms with Gasteiger partial charge in [0.15, 0.2) is 0 Å². The SMILES string of the molecule is O=C1CC(c2ccccc2)N(Cc2ccncc2)CCCN(C(=O)CCc2ccccc2)CCN1. The zero-order valence-corrected chi connectivity index (χ0v) is 20.2. The summed E-state index contributed by atoms with van der Waals surface area (Å²) in [5, 5.41) is 3.05. The summed E-state index contributed by atoms with van der Waals surface area (Å²) >= 11 is 0. The summed E-state index contributed by atoms with van der Waals surface area (Å²) in [6, 6.07) is 24.3. The van der Waals surface area contributed by atoms with Crippen LogP contribution in [0.4, 0.5) is 0 Å². The second kappa shape index (κ2) is 12.8. The zero-order valence-electron chi connectivity index (χ0n) is 20.2. The molecule has 1 aromatic heterocycles. The second-order valence-electron chi connectivity index (χ2n) is 9.03. The first-order chi connectivity index (χ1) is 17.2. The molecule has 0 bridgehead atoms. The van der Waals surface area contributed by atoms with Crippen LogP contribution < -0.4 is 5.32 Å². The third-order valence-electron chi connectivity index (χ3n) is 6.54. The number of hydrogen-bond acceptors (Lipinski definition) is 4. The summed E-state index contributed by atoms with van der Waals surface area (Å²) in [7, 11) is 0. The van der Waals surface area contributed by atoms with Crippen LogP contribution in [0.3, 0.4) is 0 Å². The first-order valence-electron chi connectivity index (χ1n) is 12.5. The summed E-state index contributed by atoms with van der Waals surface area (Å²) in [5.74, 6) is 0.153. The molecule has 0 aliphatic carbocycles. The van der Waals surface area contributed by atoms with Gasteiger partial charge in [-0.15, -0.1) is 0 Å². The number of benzene rings is 2. The van der Waals surface area contributed by atoms with Gasteiger partial charge in [0.05, 0.1) is 0 Å². The Kier molecular flexibility index (Phi) is 9.01. The highest BCUT2D eigenvalue weighted by Crippen LogP contribution is 2.27. The minimum Gasteiger partial charge on any atom is -0.354 e. The van der Waals surface area contributed by atoms with Crippen LogP contribution in [0.5, 0.6) is 0 Å². The first kappa shape index (κ1) is 24.6. The number of carbonyl (C=O) groups is 2. The van der Waals surface area contributed by atoms with E-state index in [1.807, 2.05) is 53.4 Å². The number of aryl methyl sites for hydroxylation is 1. The molecule has 1 fully saturated rings. The summed E-state index contributed by atoms with van der Waals surface area (Å²) in [6.45, 7) is 3.20. The summed E-state index contributed by atoms with van der Waals surface area (Å²) in [4.78, 5) is 34.4. The molecule has 2 aromatic carbocycles. The average molecular weight is 471 g/mol. The van der Waals surface area contributed by atoms with Gasteiger partial charge < -0.3 is 10.2 Å². The molecular formula is C29H34N4O2. The number of nitrogens with one attached hydrogen (secondary N) is 1. The van der Waals surface area contributed by atoms with Gasteiger partial charge in [-0.3, -0.25) is 19.5 Å². The molecule has 0 radical (unpaired) electrons. The molecule has 1 aliphatic rings. The van der Waals surface area contributed by atoms with E-state index in [1.165, 1.54) is 5.56 Å². The quantitative estimate of drug-likeness (QED) is 0.592. The van der Waals surface area contributed by atoms with Crippen molar-refractivity contribution in [2.75, 3.05) is 26.2 Å². The molecule has 2 amide bonds. The van der Waals surface area contributed by atoms with E-state index in [1.54, 1.807) is 12.4 Å². The van der Waals surface area contributed by atoms with Crippen molar-refractivity contribution >= 4 is 11.8 Å². The van der Waals surface area contributed by atoms with Gasteiger partial charge in [0.1, 0.15) is 0 Å². The molecule has 3 aromatic rings. The maximum atomic E-state index is 13.1. The van der Waals surface area contributed by atoms with Gasteiger partial charge in [0.2, 0.25) is 11.8 Å². The van der Waals surface area contributed by atoms with E-state index in [0.717, 1.165) is 37.1 Å². The zero-order chi connectivity index (χ0) is 24.3. The summed E-state index contributed by atoms with van der Waals surface area (Å²) in [6.07, 6.45) is 6.05. The fourth-order valence-electron chi connectivity index (χ4n) is 4.66. The average Bonchev–Trinajstić information content (AvgIpc) is 2.93. The molecule has 0 spiro atoms. The lowest BCUT2D eigenvalue weighted by Gasteiger charge is -2.32. The van der Waals surface area contributed by atoms with Gasteiger partial charge in [-0.2, -0.15) is 0 Å². The van der Waals surface area contributed by atoms with Crippen LogP contribution in [-0.4, -0.2) is 52.8 Å². The molecule has 1 atom stereocenters. The van der Waals surface area contributed by atoms with Gasteiger partial charge >= 0.3 is 0 Å². The van der Waals surface area contributed by atoms with Crippen molar-refractivity contribution in [2.45, 2.75) is 38.3 Å². The molecule has 4 rings (SSSR count). The monoisotopic (exact) mass is 470 g/mol. The van der Waals surface area contributed by atoms with Crippen LogP contribution in [0.15, 0.2) is 85.2 Å². The van der Waals surface area contributed by atoms with Gasteiger partial charge in [-0.05, 0) is 41.7 Å². The molecule has 1 saturated heterocycles. The minimum atomic E-state index is -0.0373. The highest BCUT2D eigenvalue weighted by molar-refractivity contribution is 5.78. The summed E-state index contributed by atoms with van der Waals surface area (Å²) < 4.78 is 0. The lowest BCUT2D eigenvalue weighted by Crippen LogP contribution is -2.39. The van der Waals surface area contributed by atoms with E-state index in [4.69, 9.17) is 0 Å². The third-order valence-corrected chi connectivity index (χ3v) is 6.54. The van der Waals surface area contributed by atoms with E-state index < -0.39 is 0 Å². The number of amides is 2. The smallest absolute Gasteiger partial charge is 0.222 e. The van der Waals surface area contributed by atoms with E-state index in [9.17, 15) is 9.59 Å². The Morgan fingerprint density at radius 1 is 0.886 bits per heavy atom. The van der Waals surface area contributed by atoms with Crippen LogP contribution in [0.1, 0.15) is 42.0 Å². The predicted octanol–water partition coefficient (Wildman–Crippen LogP) is 4.00. The van der Waals surface area contributed by atoms with Crippen molar-refractivity contribution in [3.8, 4) is 0 Å². The number of hydrogen-bond donors (Lipinski definition) is 1. The van der Waals surface area contributed by atoms with Crippen molar-refractivity contribution in [3.05, 3.63) is 102 Å². The van der Waals surface area contributed by atoms with Crippen molar-refractivity contribution in [1.82, 2.24) is 20.1 Å². The molecule has 6 nitrogen and oxygen atoms in total. The van der Waals surface area contributed by atoms with Crippen LogP contribution in [0.25, 0.3) is 0 Å². The predicted molar refractivity (Wildman–Crippen MR) is 137 cm³/mol. The van der Waals surface area contributed by atoms with Crippen LogP contribution in [0, 0.1) is 0 Å².